The second-order valence-corrected chi connectivity index (χ2v) is 33.4. The van der Waals surface area contributed by atoms with Crippen LogP contribution in [0.25, 0.3) is 4.85 Å². The molecule has 5 nitrogen and oxygen atoms in total. The van der Waals surface area contributed by atoms with Gasteiger partial charge >= 0.3 is 11.9 Å². The number of rotatable bonds is 14. The zero-order valence-corrected chi connectivity index (χ0v) is 66.3. The van der Waals surface area contributed by atoms with E-state index in [1.165, 1.54) is 83.4 Å². The van der Waals surface area contributed by atoms with Crippen LogP contribution in [0, 0.1) is 37.8 Å². The minimum Gasteiger partial charge on any atom is -0.465 e. The van der Waals surface area contributed by atoms with Crippen LogP contribution in [-0.2, 0) is 29.9 Å². The monoisotopic (exact) mass is 1630 g/mol. The molecule has 0 spiro atoms. The maximum Gasteiger partial charge on any atom is 0.338 e. The van der Waals surface area contributed by atoms with Gasteiger partial charge in [0.2, 0.25) is 0 Å². The molecule has 0 saturated heterocycles. The van der Waals surface area contributed by atoms with E-state index >= 15 is 0 Å². The molecule has 0 N–H and O–H groups in total. The molecule has 0 atom stereocenters. The molecule has 0 aliphatic heterocycles. The number of esters is 2. The van der Waals surface area contributed by atoms with E-state index < -0.39 is 37.7 Å². The van der Waals surface area contributed by atoms with Gasteiger partial charge in [0.05, 0.1) is 31.9 Å². The van der Waals surface area contributed by atoms with Gasteiger partial charge in [-0.3, -0.25) is 0 Å². The fourth-order valence-corrected chi connectivity index (χ4v) is 20.8. The number of hydrogen-bond acceptors (Lipinski definition) is 4. The maximum atomic E-state index is 11.3. The Morgan fingerprint density at radius 3 is 0.596 bits per heavy atom. The van der Waals surface area contributed by atoms with Crippen molar-refractivity contribution in [3.8, 4) is 0 Å². The average Bonchev–Trinajstić information content (AvgIpc) is 0.927. The number of methoxy groups -OCH3 is 2. The second kappa shape index (κ2) is 43.7. The van der Waals surface area contributed by atoms with Gasteiger partial charge in [0.25, 0.3) is 0 Å². The van der Waals surface area contributed by atoms with Gasteiger partial charge in [-0.25, -0.2) is 14.4 Å². The van der Waals surface area contributed by atoms with Crippen LogP contribution in [0.1, 0.15) is 43.0 Å². The molecule has 104 heavy (non-hydrogen) atoms. The summed E-state index contributed by atoms with van der Waals surface area (Å²) in [6.45, 7) is 14.5. The summed E-state index contributed by atoms with van der Waals surface area (Å²) in [4.78, 5) is 25.9. The molecule has 14 rings (SSSR count). The van der Waals surface area contributed by atoms with Crippen LogP contribution in [0.2, 0.25) is 0 Å². The summed E-state index contributed by atoms with van der Waals surface area (Å²) >= 11 is 2.21. The Labute approximate surface area is 648 Å². The zero-order valence-electron chi connectivity index (χ0n) is 59.0. The first kappa shape index (κ1) is 80.3. The zero-order chi connectivity index (χ0) is 72.4. The van der Waals surface area contributed by atoms with Crippen molar-refractivity contribution < 1.29 is 39.5 Å². The van der Waals surface area contributed by atoms with Crippen molar-refractivity contribution in [3.63, 3.8) is 0 Å². The first-order valence-corrected chi connectivity index (χ1v) is 40.1. The smallest absolute Gasteiger partial charge is 0.338 e. The van der Waals surface area contributed by atoms with Crippen molar-refractivity contribution in [2.24, 2.45) is 0 Å². The summed E-state index contributed by atoms with van der Waals surface area (Å²) < 4.78 is 10.4. The summed E-state index contributed by atoms with van der Waals surface area (Å²) in [7, 11) is 0.946. The number of carbonyl (C=O) groups is 2. The predicted molar refractivity (Wildman–Crippen MR) is 454 cm³/mol. The first-order valence-electron chi connectivity index (χ1n) is 33.7. The average molecular weight is 1630 g/mol. The molecular weight excluding hydrogens is 1550 g/mol. The third-order valence-electron chi connectivity index (χ3n) is 16.2. The number of benzene rings is 14. The molecule has 0 aliphatic carbocycles. The van der Waals surface area contributed by atoms with Gasteiger partial charge in [0.1, 0.15) is 0 Å². The Kier molecular flexibility index (Phi) is 33.7. The molecule has 0 amide bonds. The third-order valence-corrected chi connectivity index (χ3v) is 27.1. The van der Waals surface area contributed by atoms with Gasteiger partial charge in [-0.05, 0) is 180 Å². The van der Waals surface area contributed by atoms with Gasteiger partial charge in [-0.15, -0.1) is 0 Å². The molecule has 14 aromatic carbocycles. The van der Waals surface area contributed by atoms with E-state index in [4.69, 9.17) is 6.57 Å². The quantitative estimate of drug-likeness (QED) is 0.0358. The molecule has 0 fully saturated rings. The van der Waals surface area contributed by atoms with Crippen molar-refractivity contribution in [1.29, 1.82) is 0 Å². The molecule has 0 heterocycles. The Balaban J connectivity index is 0.000000159. The predicted octanol–water partition coefficient (Wildman–Crippen LogP) is 19.1. The number of ether oxygens (including phenoxy) is 2. The van der Waals surface area contributed by atoms with E-state index in [9.17, 15) is 9.59 Å². The van der Waals surface area contributed by atoms with E-state index in [1.54, 1.807) is 6.07 Å². The van der Waals surface area contributed by atoms with Crippen molar-refractivity contribution >= 4 is 136 Å². The molecule has 0 unspecified atom stereocenters. The standard InChI is InChI=1S/4C18H15P.C11H11NO2.C10H11IO2.Pd/c4*1-4-10-16(11-5-1)19(17-12-6-2-7-13-17)18-14-8-3-9-15-18;1-7-5-8(2)10(12-3)6-9(7)11(13)14-4;1-6-4-7(2)9(11)5-8(6)10(12)13-3;/h4*1-15H;5-6H,1-2,4H3;4-5H,1-3H3;. The Morgan fingerprint density at radius 2 is 0.433 bits per heavy atom. The van der Waals surface area contributed by atoms with Crippen LogP contribution < -0.4 is 63.7 Å². The summed E-state index contributed by atoms with van der Waals surface area (Å²) in [5, 5.41) is 16.8. The first-order chi connectivity index (χ1) is 50.5. The fourth-order valence-electron chi connectivity index (χ4n) is 11.2. The van der Waals surface area contributed by atoms with Gasteiger partial charge < -0.3 is 9.47 Å². The van der Waals surface area contributed by atoms with Crippen molar-refractivity contribution in [2.45, 2.75) is 27.7 Å². The van der Waals surface area contributed by atoms with Gasteiger partial charge in [0.15, 0.2) is 5.69 Å². The van der Waals surface area contributed by atoms with Gasteiger partial charge in [-0.2, -0.15) is 0 Å². The molecular formula is C93H82INO4P4Pd. The molecule has 0 aromatic heterocycles. The van der Waals surface area contributed by atoms with E-state index in [2.05, 4.69) is 401 Å². The normalized spacial score (nSPS) is 10.2. The van der Waals surface area contributed by atoms with Crippen molar-refractivity contribution in [1.82, 2.24) is 0 Å². The van der Waals surface area contributed by atoms with Crippen LogP contribution in [0.3, 0.4) is 0 Å². The number of halogens is 1. The van der Waals surface area contributed by atoms with Crippen molar-refractivity contribution in [3.05, 3.63) is 437 Å². The second-order valence-electron chi connectivity index (χ2n) is 23.3. The topological polar surface area (TPSA) is 57.0 Å². The van der Waals surface area contributed by atoms with Gasteiger partial charge in [0, 0.05) is 24.0 Å². The summed E-state index contributed by atoms with van der Waals surface area (Å²) in [6, 6.07) is 137. The summed E-state index contributed by atoms with van der Waals surface area (Å²) in [5.41, 5.74) is 5.47. The SMILES string of the molecule is COC(=O)c1cc(I)c(C)cc1C.[C-]#[N+]c1cc(C(=O)OC)c(C)cc1C.[Pd].c1ccc(P(c2ccccc2)c2ccccc2)cc1.c1ccc(P(c2ccccc2)c2ccccc2)cc1.c1ccc(P(c2ccccc2)c2ccccc2)cc1.c1ccc(P(c2ccccc2)c2ccccc2)cc1. The van der Waals surface area contributed by atoms with Crippen molar-refractivity contribution in [2.75, 3.05) is 14.2 Å². The molecule has 0 aliphatic rings. The Bertz CT molecular complexity index is 4000. The van der Waals surface area contributed by atoms with Crippen LogP contribution in [0.4, 0.5) is 5.69 Å². The molecule has 0 radical (unpaired) electrons. The third kappa shape index (κ3) is 23.8. The van der Waals surface area contributed by atoms with Crippen LogP contribution in [0.5, 0.6) is 0 Å². The summed E-state index contributed by atoms with van der Waals surface area (Å²) in [5.74, 6) is -0.664. The van der Waals surface area contributed by atoms with E-state index in [-0.39, 0.29) is 26.4 Å². The minimum absolute atomic E-state index is 0. The molecule has 11 heteroatoms. The molecule has 0 saturated carbocycles. The summed E-state index contributed by atoms with van der Waals surface area (Å²) in [6.07, 6.45) is 0. The van der Waals surface area contributed by atoms with E-state index in [0.717, 1.165) is 20.3 Å². The minimum atomic E-state index is -0.446. The number of nitrogens with zero attached hydrogens (tertiary/aromatic N) is 1. The molecule has 520 valence electrons. The van der Waals surface area contributed by atoms with Crippen LogP contribution >= 0.6 is 54.3 Å². The van der Waals surface area contributed by atoms with Crippen LogP contribution in [0.15, 0.2) is 388 Å². The van der Waals surface area contributed by atoms with E-state index in [1.807, 2.05) is 45.9 Å². The van der Waals surface area contributed by atoms with Gasteiger partial charge in [-0.1, -0.05) is 376 Å². The maximum absolute atomic E-state index is 11.3. The molecule has 14 aromatic rings. The van der Waals surface area contributed by atoms with Crippen LogP contribution in [-0.4, -0.2) is 26.2 Å². The van der Waals surface area contributed by atoms with E-state index in [0.29, 0.717) is 16.8 Å². The number of aryl methyl sites for hydroxylation is 4. The Morgan fingerprint density at radius 1 is 0.269 bits per heavy atom. The Hall–Kier alpha value is -9.38. The number of hydrogen-bond donors (Lipinski definition) is 0. The fraction of sp³-hybridized carbons (Fsp3) is 0.0645. The molecule has 0 bridgehead atoms. The largest absolute Gasteiger partial charge is 0.465 e. The number of carbonyl (C=O) groups excluding carboxylic acids is 2.